The van der Waals surface area contributed by atoms with Crippen molar-refractivity contribution in [3.05, 3.63) is 76.4 Å². The maximum Gasteiger partial charge on any atom is 0.259 e. The predicted octanol–water partition coefficient (Wildman–Crippen LogP) is 5.39. The molecule has 1 aromatic heterocycles. The van der Waals surface area contributed by atoms with Crippen LogP contribution in [-0.4, -0.2) is 5.91 Å². The third-order valence-corrected chi connectivity index (χ3v) is 4.36. The Morgan fingerprint density at radius 2 is 1.54 bits per heavy atom. The number of anilines is 1. The summed E-state index contributed by atoms with van der Waals surface area (Å²) >= 11 is 1.39. The SMILES string of the molecule is Cc1ccc(NC(=O)c2ccc(-c3ccc(F)c(F)c3)cc2F)s1. The van der Waals surface area contributed by atoms with Crippen molar-refractivity contribution in [3.8, 4) is 11.1 Å². The standard InChI is InChI=1S/C18H12F3NOS/c1-10-2-7-17(24-10)22-18(23)13-5-3-11(8-15(13)20)12-4-6-14(19)16(21)9-12/h2-9H,1H3,(H,22,23). The monoisotopic (exact) mass is 347 g/mol. The molecule has 0 saturated heterocycles. The van der Waals surface area contributed by atoms with E-state index in [9.17, 15) is 18.0 Å². The Bertz CT molecular complexity index is 920. The molecule has 0 bridgehead atoms. The molecule has 1 amide bonds. The van der Waals surface area contributed by atoms with E-state index in [4.69, 9.17) is 0 Å². The molecule has 0 radical (unpaired) electrons. The number of thiophene rings is 1. The lowest BCUT2D eigenvalue weighted by atomic mass is 10.0. The smallest absolute Gasteiger partial charge is 0.259 e. The fraction of sp³-hybridized carbons (Fsp3) is 0.0556. The van der Waals surface area contributed by atoms with Gasteiger partial charge in [0.1, 0.15) is 5.82 Å². The zero-order valence-electron chi connectivity index (χ0n) is 12.6. The Labute approximate surface area is 140 Å². The van der Waals surface area contributed by atoms with E-state index in [1.54, 1.807) is 6.07 Å². The maximum absolute atomic E-state index is 14.2. The van der Waals surface area contributed by atoms with Crippen molar-refractivity contribution in [3.63, 3.8) is 0 Å². The molecule has 3 rings (SSSR count). The second-order valence-corrected chi connectivity index (χ2v) is 6.48. The van der Waals surface area contributed by atoms with E-state index in [0.29, 0.717) is 16.1 Å². The molecule has 0 saturated carbocycles. The average Bonchev–Trinajstić information content (AvgIpc) is 2.94. The van der Waals surface area contributed by atoms with E-state index >= 15 is 0 Å². The molecular formula is C18H12F3NOS. The number of rotatable bonds is 3. The Morgan fingerprint density at radius 3 is 2.12 bits per heavy atom. The lowest BCUT2D eigenvalue weighted by Gasteiger charge is -2.07. The summed E-state index contributed by atoms with van der Waals surface area (Å²) < 4.78 is 40.5. The van der Waals surface area contributed by atoms with Gasteiger partial charge in [0.15, 0.2) is 11.6 Å². The van der Waals surface area contributed by atoms with Crippen molar-refractivity contribution in [2.75, 3.05) is 5.32 Å². The summed E-state index contributed by atoms with van der Waals surface area (Å²) in [5.74, 6) is -3.28. The van der Waals surface area contributed by atoms with E-state index < -0.39 is 23.4 Å². The molecule has 0 atom stereocenters. The molecule has 0 unspecified atom stereocenters. The number of amides is 1. The minimum absolute atomic E-state index is 0.118. The number of carbonyl (C=O) groups excluding carboxylic acids is 1. The van der Waals surface area contributed by atoms with Crippen LogP contribution < -0.4 is 5.32 Å². The number of halogens is 3. The van der Waals surface area contributed by atoms with E-state index in [1.165, 1.54) is 29.5 Å². The number of benzene rings is 2. The molecule has 1 heterocycles. The van der Waals surface area contributed by atoms with Gasteiger partial charge in [0.2, 0.25) is 0 Å². The van der Waals surface area contributed by atoms with Crippen LogP contribution in [0, 0.1) is 24.4 Å². The van der Waals surface area contributed by atoms with Crippen molar-refractivity contribution in [1.29, 1.82) is 0 Å². The highest BCUT2D eigenvalue weighted by Crippen LogP contribution is 2.25. The van der Waals surface area contributed by atoms with Crippen molar-refractivity contribution in [2.45, 2.75) is 6.92 Å². The third-order valence-electron chi connectivity index (χ3n) is 3.44. The number of aryl methyl sites for hydroxylation is 1. The molecule has 0 fully saturated rings. The second kappa shape index (κ2) is 6.49. The summed E-state index contributed by atoms with van der Waals surface area (Å²) in [5, 5.41) is 3.25. The van der Waals surface area contributed by atoms with Gasteiger partial charge in [0.05, 0.1) is 10.6 Å². The summed E-state index contributed by atoms with van der Waals surface area (Å²) in [6.07, 6.45) is 0. The van der Waals surface area contributed by atoms with Crippen LogP contribution in [0.4, 0.5) is 18.2 Å². The minimum atomic E-state index is -1.01. The number of hydrogen-bond donors (Lipinski definition) is 1. The van der Waals surface area contributed by atoms with Crippen molar-refractivity contribution >= 4 is 22.2 Å². The normalized spacial score (nSPS) is 10.7. The molecule has 122 valence electrons. The van der Waals surface area contributed by atoms with Crippen molar-refractivity contribution < 1.29 is 18.0 Å². The summed E-state index contributed by atoms with van der Waals surface area (Å²) in [6, 6.07) is 10.8. The first-order chi connectivity index (χ1) is 11.4. The predicted molar refractivity (Wildman–Crippen MR) is 88.8 cm³/mol. The average molecular weight is 347 g/mol. The quantitative estimate of drug-likeness (QED) is 0.676. The van der Waals surface area contributed by atoms with E-state index in [1.807, 2.05) is 13.0 Å². The van der Waals surface area contributed by atoms with E-state index in [-0.39, 0.29) is 5.56 Å². The fourth-order valence-corrected chi connectivity index (χ4v) is 3.00. The molecule has 24 heavy (non-hydrogen) atoms. The van der Waals surface area contributed by atoms with Crippen LogP contribution in [-0.2, 0) is 0 Å². The lowest BCUT2D eigenvalue weighted by Crippen LogP contribution is -2.12. The van der Waals surface area contributed by atoms with Crippen molar-refractivity contribution in [2.24, 2.45) is 0 Å². The molecule has 0 aliphatic heterocycles. The second-order valence-electron chi connectivity index (χ2n) is 5.19. The summed E-state index contributed by atoms with van der Waals surface area (Å²) in [7, 11) is 0. The molecule has 0 spiro atoms. The maximum atomic E-state index is 14.2. The van der Waals surface area contributed by atoms with Gasteiger partial charge in [-0.25, -0.2) is 13.2 Å². The van der Waals surface area contributed by atoms with Crippen molar-refractivity contribution in [1.82, 2.24) is 0 Å². The van der Waals surface area contributed by atoms with E-state index in [0.717, 1.165) is 23.1 Å². The van der Waals surface area contributed by atoms with Gasteiger partial charge in [-0.3, -0.25) is 4.79 Å². The zero-order chi connectivity index (χ0) is 17.3. The highest BCUT2D eigenvalue weighted by Gasteiger charge is 2.14. The highest BCUT2D eigenvalue weighted by atomic mass is 32.1. The summed E-state index contributed by atoms with van der Waals surface area (Å²) in [5.41, 5.74) is 0.566. The Kier molecular flexibility index (Phi) is 4.40. The lowest BCUT2D eigenvalue weighted by molar-refractivity contribution is 0.102. The van der Waals surface area contributed by atoms with Crippen LogP contribution in [0.25, 0.3) is 11.1 Å². The van der Waals surface area contributed by atoms with Gasteiger partial charge in [-0.05, 0) is 54.4 Å². The van der Waals surface area contributed by atoms with Gasteiger partial charge in [-0.2, -0.15) is 0 Å². The molecule has 3 aromatic rings. The van der Waals surface area contributed by atoms with Crippen LogP contribution >= 0.6 is 11.3 Å². The summed E-state index contributed by atoms with van der Waals surface area (Å²) in [4.78, 5) is 13.2. The number of hydrogen-bond acceptors (Lipinski definition) is 2. The Balaban J connectivity index is 1.86. The van der Waals surface area contributed by atoms with Crippen LogP contribution in [0.5, 0.6) is 0 Å². The zero-order valence-corrected chi connectivity index (χ0v) is 13.4. The van der Waals surface area contributed by atoms with Gasteiger partial charge in [-0.1, -0.05) is 12.1 Å². The molecule has 1 N–H and O–H groups in total. The topological polar surface area (TPSA) is 29.1 Å². The van der Waals surface area contributed by atoms with Crippen LogP contribution in [0.2, 0.25) is 0 Å². The Hall–Kier alpha value is -2.60. The largest absolute Gasteiger partial charge is 0.313 e. The van der Waals surface area contributed by atoms with Gasteiger partial charge < -0.3 is 5.32 Å². The summed E-state index contributed by atoms with van der Waals surface area (Å²) in [6.45, 7) is 1.90. The molecule has 6 heteroatoms. The minimum Gasteiger partial charge on any atom is -0.313 e. The number of carbonyl (C=O) groups is 1. The van der Waals surface area contributed by atoms with Crippen LogP contribution in [0.1, 0.15) is 15.2 Å². The number of nitrogens with one attached hydrogen (secondary N) is 1. The first-order valence-electron chi connectivity index (χ1n) is 7.07. The van der Waals surface area contributed by atoms with Crippen LogP contribution in [0.15, 0.2) is 48.5 Å². The highest BCUT2D eigenvalue weighted by molar-refractivity contribution is 7.16. The molecule has 0 aliphatic carbocycles. The third kappa shape index (κ3) is 3.33. The van der Waals surface area contributed by atoms with Gasteiger partial charge >= 0.3 is 0 Å². The van der Waals surface area contributed by atoms with Gasteiger partial charge in [0.25, 0.3) is 5.91 Å². The molecule has 2 aromatic carbocycles. The molecular weight excluding hydrogens is 335 g/mol. The van der Waals surface area contributed by atoms with Gasteiger partial charge in [0, 0.05) is 4.88 Å². The first-order valence-corrected chi connectivity index (χ1v) is 7.88. The fourth-order valence-electron chi connectivity index (χ4n) is 2.24. The van der Waals surface area contributed by atoms with E-state index in [2.05, 4.69) is 5.32 Å². The Morgan fingerprint density at radius 1 is 0.875 bits per heavy atom. The van der Waals surface area contributed by atoms with Gasteiger partial charge in [-0.15, -0.1) is 11.3 Å². The first kappa shape index (κ1) is 16.3. The van der Waals surface area contributed by atoms with Crippen LogP contribution in [0.3, 0.4) is 0 Å². The molecule has 0 aliphatic rings. The molecule has 2 nitrogen and oxygen atoms in total.